The number of nitrogens with zero attached hydrogens (tertiary/aromatic N) is 2. The van der Waals surface area contributed by atoms with Crippen LogP contribution in [0.5, 0.6) is 0 Å². The second-order valence-electron chi connectivity index (χ2n) is 7.45. The second-order valence-corrected chi connectivity index (χ2v) is 7.45. The minimum Gasteiger partial charge on any atom is -0.465 e. The molecule has 0 saturated heterocycles. The lowest BCUT2D eigenvalue weighted by Gasteiger charge is -2.06. The van der Waals surface area contributed by atoms with Gasteiger partial charge in [0.05, 0.1) is 24.1 Å². The summed E-state index contributed by atoms with van der Waals surface area (Å²) in [5, 5.41) is 7.72. The molecule has 0 unspecified atom stereocenters. The van der Waals surface area contributed by atoms with Crippen molar-refractivity contribution in [3.63, 3.8) is 0 Å². The second kappa shape index (κ2) is 8.93. The van der Waals surface area contributed by atoms with Gasteiger partial charge in [0, 0.05) is 29.6 Å². The molecule has 0 atom stereocenters. The standard InChI is InChI=1S/C25H24N4O3/c1-16-21(25(31)32-3)17(2)27-22(16)24(30)26-14-19-15-29(20-12-8-5-9-13-20)28-23(19)18-10-6-4-7-11-18/h4-13,15,27H,14H2,1-3H3,(H,26,30). The van der Waals surface area contributed by atoms with Crippen LogP contribution in [-0.2, 0) is 11.3 Å². The molecule has 0 aliphatic heterocycles. The van der Waals surface area contributed by atoms with Gasteiger partial charge >= 0.3 is 5.97 Å². The summed E-state index contributed by atoms with van der Waals surface area (Å²) in [5.74, 6) is -0.766. The Morgan fingerprint density at radius 1 is 1.03 bits per heavy atom. The summed E-state index contributed by atoms with van der Waals surface area (Å²) in [6, 6.07) is 19.7. The number of hydrogen-bond acceptors (Lipinski definition) is 4. The van der Waals surface area contributed by atoms with Crippen LogP contribution < -0.4 is 5.32 Å². The van der Waals surface area contributed by atoms with E-state index in [2.05, 4.69) is 10.3 Å². The minimum atomic E-state index is -0.467. The van der Waals surface area contributed by atoms with Crippen LogP contribution >= 0.6 is 0 Å². The fourth-order valence-corrected chi connectivity index (χ4v) is 3.74. The molecule has 4 rings (SSSR count). The monoisotopic (exact) mass is 428 g/mol. The number of nitrogens with one attached hydrogen (secondary N) is 2. The molecule has 162 valence electrons. The van der Waals surface area contributed by atoms with Gasteiger partial charge in [-0.15, -0.1) is 0 Å². The topological polar surface area (TPSA) is 89.0 Å². The Hall–Kier alpha value is -4.13. The van der Waals surface area contributed by atoms with Crippen molar-refractivity contribution in [3.8, 4) is 16.9 Å². The van der Waals surface area contributed by atoms with Crippen molar-refractivity contribution >= 4 is 11.9 Å². The quantitative estimate of drug-likeness (QED) is 0.451. The molecule has 0 aliphatic carbocycles. The average Bonchev–Trinajstić information content (AvgIpc) is 3.39. The highest BCUT2D eigenvalue weighted by atomic mass is 16.5. The van der Waals surface area contributed by atoms with E-state index in [9.17, 15) is 9.59 Å². The molecule has 0 saturated carbocycles. The van der Waals surface area contributed by atoms with Crippen molar-refractivity contribution in [2.75, 3.05) is 7.11 Å². The average molecular weight is 428 g/mol. The summed E-state index contributed by atoms with van der Waals surface area (Å²) in [6.45, 7) is 3.75. The van der Waals surface area contributed by atoms with Crippen molar-refractivity contribution in [1.82, 2.24) is 20.1 Å². The molecule has 0 bridgehead atoms. The molecule has 7 nitrogen and oxygen atoms in total. The molecular formula is C25H24N4O3. The number of ether oxygens (including phenoxy) is 1. The van der Waals surface area contributed by atoms with E-state index < -0.39 is 5.97 Å². The van der Waals surface area contributed by atoms with Gasteiger partial charge in [-0.1, -0.05) is 48.5 Å². The van der Waals surface area contributed by atoms with Gasteiger partial charge in [-0.25, -0.2) is 9.48 Å². The minimum absolute atomic E-state index is 0.279. The number of methoxy groups -OCH3 is 1. The largest absolute Gasteiger partial charge is 0.465 e. The van der Waals surface area contributed by atoms with Crippen LogP contribution in [-0.4, -0.2) is 33.8 Å². The number of rotatable bonds is 6. The molecule has 2 heterocycles. The van der Waals surface area contributed by atoms with Crippen LogP contribution in [0.2, 0.25) is 0 Å². The molecule has 0 radical (unpaired) electrons. The third kappa shape index (κ3) is 4.05. The van der Waals surface area contributed by atoms with Gasteiger partial charge in [-0.2, -0.15) is 5.10 Å². The van der Waals surface area contributed by atoms with Gasteiger partial charge in [0.2, 0.25) is 0 Å². The van der Waals surface area contributed by atoms with Gasteiger partial charge in [-0.05, 0) is 31.5 Å². The summed E-state index contributed by atoms with van der Waals surface area (Å²) in [6.07, 6.45) is 1.92. The summed E-state index contributed by atoms with van der Waals surface area (Å²) in [5.41, 5.74) is 5.47. The Labute approximate surface area is 186 Å². The number of H-pyrrole nitrogens is 1. The number of aryl methyl sites for hydroxylation is 1. The number of aromatic nitrogens is 3. The van der Waals surface area contributed by atoms with E-state index in [-0.39, 0.29) is 12.5 Å². The van der Waals surface area contributed by atoms with Gasteiger partial charge in [0.1, 0.15) is 5.69 Å². The maximum Gasteiger partial charge on any atom is 0.339 e. The fraction of sp³-hybridized carbons (Fsp3) is 0.160. The Balaban J connectivity index is 1.63. The number of carbonyl (C=O) groups excluding carboxylic acids is 2. The first-order chi connectivity index (χ1) is 15.5. The molecule has 2 N–H and O–H groups in total. The molecule has 0 aliphatic rings. The highest BCUT2D eigenvalue weighted by molar-refractivity contribution is 6.00. The van der Waals surface area contributed by atoms with E-state index in [0.29, 0.717) is 22.5 Å². The zero-order valence-corrected chi connectivity index (χ0v) is 18.2. The van der Waals surface area contributed by atoms with Crippen molar-refractivity contribution in [1.29, 1.82) is 0 Å². The van der Waals surface area contributed by atoms with Crippen LogP contribution in [0.1, 0.15) is 37.7 Å². The zero-order chi connectivity index (χ0) is 22.7. The molecule has 2 aromatic heterocycles. The summed E-state index contributed by atoms with van der Waals surface area (Å²) >= 11 is 0. The Morgan fingerprint density at radius 3 is 2.34 bits per heavy atom. The lowest BCUT2D eigenvalue weighted by Crippen LogP contribution is -2.24. The number of hydrogen-bond donors (Lipinski definition) is 2. The molecule has 0 fully saturated rings. The van der Waals surface area contributed by atoms with E-state index in [1.54, 1.807) is 13.8 Å². The van der Waals surface area contributed by atoms with E-state index in [1.807, 2.05) is 71.5 Å². The van der Waals surface area contributed by atoms with E-state index in [4.69, 9.17) is 9.84 Å². The molecule has 2 aromatic carbocycles. The Bertz CT molecular complexity index is 1260. The summed E-state index contributed by atoms with van der Waals surface area (Å²) in [4.78, 5) is 28.0. The number of aromatic amines is 1. The third-order valence-electron chi connectivity index (χ3n) is 5.35. The molecule has 0 spiro atoms. The van der Waals surface area contributed by atoms with Crippen LogP contribution in [0.4, 0.5) is 0 Å². The lowest BCUT2D eigenvalue weighted by molar-refractivity contribution is 0.0599. The first kappa shape index (κ1) is 21.1. The first-order valence-corrected chi connectivity index (χ1v) is 10.2. The number of esters is 1. The number of para-hydroxylation sites is 1. The Morgan fingerprint density at radius 2 is 1.69 bits per heavy atom. The maximum atomic E-state index is 12.9. The van der Waals surface area contributed by atoms with Crippen LogP contribution in [0.3, 0.4) is 0 Å². The maximum absolute atomic E-state index is 12.9. The molecule has 32 heavy (non-hydrogen) atoms. The zero-order valence-electron chi connectivity index (χ0n) is 18.2. The lowest BCUT2D eigenvalue weighted by atomic mass is 10.1. The van der Waals surface area contributed by atoms with Gasteiger partial charge in [0.25, 0.3) is 5.91 Å². The number of benzene rings is 2. The van der Waals surface area contributed by atoms with E-state index >= 15 is 0 Å². The molecular weight excluding hydrogens is 404 g/mol. The Kier molecular flexibility index (Phi) is 5.89. The van der Waals surface area contributed by atoms with Crippen molar-refractivity contribution in [3.05, 3.63) is 94.9 Å². The van der Waals surface area contributed by atoms with E-state index in [0.717, 1.165) is 22.5 Å². The first-order valence-electron chi connectivity index (χ1n) is 10.2. The normalized spacial score (nSPS) is 10.7. The predicted molar refractivity (Wildman–Crippen MR) is 122 cm³/mol. The SMILES string of the molecule is COC(=O)c1c(C)[nH]c(C(=O)NCc2cn(-c3ccccc3)nc2-c2ccccc2)c1C. The highest BCUT2D eigenvalue weighted by Gasteiger charge is 2.23. The van der Waals surface area contributed by atoms with Gasteiger partial charge in [0.15, 0.2) is 0 Å². The number of amides is 1. The number of carbonyl (C=O) groups is 2. The fourth-order valence-electron chi connectivity index (χ4n) is 3.74. The molecule has 7 heteroatoms. The highest BCUT2D eigenvalue weighted by Crippen LogP contribution is 2.24. The van der Waals surface area contributed by atoms with Crippen LogP contribution in [0, 0.1) is 13.8 Å². The van der Waals surface area contributed by atoms with Crippen molar-refractivity contribution in [2.24, 2.45) is 0 Å². The van der Waals surface area contributed by atoms with Crippen LogP contribution in [0.25, 0.3) is 16.9 Å². The molecule has 1 amide bonds. The smallest absolute Gasteiger partial charge is 0.339 e. The summed E-state index contributed by atoms with van der Waals surface area (Å²) < 4.78 is 6.64. The summed E-state index contributed by atoms with van der Waals surface area (Å²) in [7, 11) is 1.32. The predicted octanol–water partition coefficient (Wildman–Crippen LogP) is 4.20. The van der Waals surface area contributed by atoms with E-state index in [1.165, 1.54) is 7.11 Å². The van der Waals surface area contributed by atoms with Gasteiger partial charge < -0.3 is 15.0 Å². The molecule has 4 aromatic rings. The van der Waals surface area contributed by atoms with Gasteiger partial charge in [-0.3, -0.25) is 4.79 Å². The van der Waals surface area contributed by atoms with Crippen molar-refractivity contribution < 1.29 is 14.3 Å². The van der Waals surface area contributed by atoms with Crippen molar-refractivity contribution in [2.45, 2.75) is 20.4 Å². The third-order valence-corrected chi connectivity index (χ3v) is 5.35. The van der Waals surface area contributed by atoms with Crippen LogP contribution in [0.15, 0.2) is 66.9 Å².